The summed E-state index contributed by atoms with van der Waals surface area (Å²) in [4.78, 5) is 20.7. The molecule has 1 amide bonds. The van der Waals surface area contributed by atoms with Gasteiger partial charge in [0.05, 0.1) is 12.3 Å². The van der Waals surface area contributed by atoms with Crippen LogP contribution in [0.3, 0.4) is 0 Å². The van der Waals surface area contributed by atoms with Gasteiger partial charge in [-0.1, -0.05) is 6.92 Å². The van der Waals surface area contributed by atoms with Gasteiger partial charge in [-0.15, -0.1) is 0 Å². The van der Waals surface area contributed by atoms with Crippen molar-refractivity contribution in [2.24, 2.45) is 0 Å². The Morgan fingerprint density at radius 2 is 1.92 bits per heavy atom. The zero-order valence-electron chi connectivity index (χ0n) is 13.9. The Labute approximate surface area is 141 Å². The second-order valence-electron chi connectivity index (χ2n) is 5.96. The highest BCUT2D eigenvalue weighted by atomic mass is 16.3. The molecule has 0 spiro atoms. The van der Waals surface area contributed by atoms with Gasteiger partial charge in [-0.05, 0) is 30.7 Å². The summed E-state index contributed by atoms with van der Waals surface area (Å²) in [6, 6.07) is 7.60. The molecule has 1 aliphatic heterocycles. The number of carbonyl (C=O) groups excluding carboxylic acids is 1. The molecular weight excluding hydrogens is 306 g/mol. The maximum atomic E-state index is 12.6. The third kappa shape index (κ3) is 3.47. The van der Waals surface area contributed by atoms with Crippen LogP contribution in [0.5, 0.6) is 0 Å². The molecular formula is C17H23N5O2. The minimum absolute atomic E-state index is 0.0526. The number of amides is 1. The molecule has 1 aliphatic rings. The summed E-state index contributed by atoms with van der Waals surface area (Å²) in [5.41, 5.74) is 1.56. The van der Waals surface area contributed by atoms with E-state index in [4.69, 9.17) is 0 Å². The fourth-order valence-electron chi connectivity index (χ4n) is 3.07. The van der Waals surface area contributed by atoms with Gasteiger partial charge in [-0.3, -0.25) is 9.69 Å². The van der Waals surface area contributed by atoms with E-state index < -0.39 is 0 Å². The quantitative estimate of drug-likeness (QED) is 0.878. The van der Waals surface area contributed by atoms with Crippen molar-refractivity contribution in [1.29, 1.82) is 0 Å². The molecule has 2 heterocycles. The van der Waals surface area contributed by atoms with Gasteiger partial charge in [0, 0.05) is 37.8 Å². The molecule has 1 unspecified atom stereocenters. The standard InChI is InChI=1S/C17H23N5O2/c1-2-15(11-23)20-7-9-21(10-8-20)17(24)14-3-5-16(6-4-14)22-13-18-12-19-22/h3-6,12-13,15,23H,2,7-11H2,1H3. The van der Waals surface area contributed by atoms with Crippen LogP contribution in [0.4, 0.5) is 0 Å². The number of piperazine rings is 1. The number of benzene rings is 1. The van der Waals surface area contributed by atoms with Crippen LogP contribution in [0.25, 0.3) is 5.69 Å². The van der Waals surface area contributed by atoms with Crippen molar-refractivity contribution in [1.82, 2.24) is 24.6 Å². The van der Waals surface area contributed by atoms with Gasteiger partial charge < -0.3 is 10.0 Å². The van der Waals surface area contributed by atoms with Gasteiger partial charge in [0.25, 0.3) is 5.91 Å². The highest BCUT2D eigenvalue weighted by Gasteiger charge is 2.25. The Morgan fingerprint density at radius 3 is 2.46 bits per heavy atom. The molecule has 1 saturated heterocycles. The summed E-state index contributed by atoms with van der Waals surface area (Å²) in [5, 5.41) is 13.5. The van der Waals surface area contributed by atoms with E-state index in [9.17, 15) is 9.90 Å². The van der Waals surface area contributed by atoms with E-state index >= 15 is 0 Å². The van der Waals surface area contributed by atoms with Crippen LogP contribution < -0.4 is 0 Å². The summed E-state index contributed by atoms with van der Waals surface area (Å²) < 4.78 is 1.66. The van der Waals surface area contributed by atoms with Gasteiger partial charge in [-0.2, -0.15) is 5.10 Å². The van der Waals surface area contributed by atoms with Gasteiger partial charge >= 0.3 is 0 Å². The van der Waals surface area contributed by atoms with Crippen molar-refractivity contribution in [3.63, 3.8) is 0 Å². The minimum Gasteiger partial charge on any atom is -0.395 e. The number of aliphatic hydroxyl groups excluding tert-OH is 1. The van der Waals surface area contributed by atoms with Crippen LogP contribution in [0.15, 0.2) is 36.9 Å². The monoisotopic (exact) mass is 329 g/mol. The summed E-state index contributed by atoms with van der Waals surface area (Å²) in [5.74, 6) is 0.0526. The van der Waals surface area contributed by atoms with E-state index in [2.05, 4.69) is 21.9 Å². The summed E-state index contributed by atoms with van der Waals surface area (Å²) >= 11 is 0. The Kier molecular flexibility index (Phi) is 5.22. The van der Waals surface area contributed by atoms with E-state index in [1.54, 1.807) is 11.0 Å². The Balaban J connectivity index is 1.61. The van der Waals surface area contributed by atoms with Crippen molar-refractivity contribution in [2.75, 3.05) is 32.8 Å². The summed E-state index contributed by atoms with van der Waals surface area (Å²) in [6.07, 6.45) is 4.03. The van der Waals surface area contributed by atoms with Crippen LogP contribution in [0.2, 0.25) is 0 Å². The molecule has 7 heteroatoms. The molecule has 3 rings (SSSR count). The molecule has 1 fully saturated rings. The molecule has 0 aliphatic carbocycles. The average molecular weight is 329 g/mol. The van der Waals surface area contributed by atoms with E-state index in [-0.39, 0.29) is 18.6 Å². The smallest absolute Gasteiger partial charge is 0.253 e. The van der Waals surface area contributed by atoms with Gasteiger partial charge in [0.15, 0.2) is 0 Å². The first-order valence-electron chi connectivity index (χ1n) is 8.32. The topological polar surface area (TPSA) is 74.5 Å². The first-order chi connectivity index (χ1) is 11.7. The first kappa shape index (κ1) is 16.6. The van der Waals surface area contributed by atoms with Crippen LogP contribution in [0.1, 0.15) is 23.7 Å². The van der Waals surface area contributed by atoms with Crippen LogP contribution in [0, 0.1) is 0 Å². The van der Waals surface area contributed by atoms with Gasteiger partial charge in [0.1, 0.15) is 12.7 Å². The van der Waals surface area contributed by atoms with Gasteiger partial charge in [-0.25, -0.2) is 9.67 Å². The van der Waals surface area contributed by atoms with Crippen LogP contribution in [-0.2, 0) is 0 Å². The SMILES string of the molecule is CCC(CO)N1CCN(C(=O)c2ccc(-n3cncn3)cc2)CC1. The average Bonchev–Trinajstić information content (AvgIpc) is 3.18. The normalized spacial score (nSPS) is 17.0. The van der Waals surface area contributed by atoms with E-state index in [0.29, 0.717) is 18.7 Å². The van der Waals surface area contributed by atoms with Crippen molar-refractivity contribution in [2.45, 2.75) is 19.4 Å². The van der Waals surface area contributed by atoms with Crippen molar-refractivity contribution in [3.05, 3.63) is 42.5 Å². The maximum absolute atomic E-state index is 12.6. The molecule has 1 aromatic heterocycles. The Bertz CT molecular complexity index is 644. The summed E-state index contributed by atoms with van der Waals surface area (Å²) in [6.45, 7) is 5.26. The molecule has 24 heavy (non-hydrogen) atoms. The molecule has 0 radical (unpaired) electrons. The predicted molar refractivity (Wildman–Crippen MR) is 90.0 cm³/mol. The molecule has 0 saturated carbocycles. The molecule has 0 bridgehead atoms. The number of aliphatic hydroxyl groups is 1. The number of rotatable bonds is 5. The Hall–Kier alpha value is -2.25. The van der Waals surface area contributed by atoms with Crippen LogP contribution in [-0.4, -0.2) is 74.4 Å². The fraction of sp³-hybridized carbons (Fsp3) is 0.471. The Morgan fingerprint density at radius 1 is 1.21 bits per heavy atom. The maximum Gasteiger partial charge on any atom is 0.253 e. The second kappa shape index (κ2) is 7.55. The zero-order chi connectivity index (χ0) is 16.9. The van der Waals surface area contributed by atoms with E-state index in [0.717, 1.165) is 25.2 Å². The van der Waals surface area contributed by atoms with Crippen LogP contribution >= 0.6 is 0 Å². The molecule has 7 nitrogen and oxygen atoms in total. The lowest BCUT2D eigenvalue weighted by Gasteiger charge is -2.38. The van der Waals surface area contributed by atoms with E-state index in [1.165, 1.54) is 6.33 Å². The number of nitrogens with zero attached hydrogens (tertiary/aromatic N) is 5. The number of carbonyl (C=O) groups is 1. The molecule has 1 aromatic carbocycles. The van der Waals surface area contributed by atoms with E-state index in [1.807, 2.05) is 29.2 Å². The molecule has 2 aromatic rings. The number of hydrogen-bond acceptors (Lipinski definition) is 5. The lowest BCUT2D eigenvalue weighted by Crippen LogP contribution is -2.52. The number of aromatic nitrogens is 3. The molecule has 128 valence electrons. The third-order valence-electron chi connectivity index (χ3n) is 4.60. The fourth-order valence-corrected chi connectivity index (χ4v) is 3.07. The highest BCUT2D eigenvalue weighted by Crippen LogP contribution is 2.14. The zero-order valence-corrected chi connectivity index (χ0v) is 13.9. The largest absolute Gasteiger partial charge is 0.395 e. The highest BCUT2D eigenvalue weighted by molar-refractivity contribution is 5.94. The predicted octanol–water partition coefficient (Wildman–Crippen LogP) is 0.796. The molecule has 1 N–H and O–H groups in total. The van der Waals surface area contributed by atoms with Gasteiger partial charge in [0.2, 0.25) is 0 Å². The van der Waals surface area contributed by atoms with Crippen molar-refractivity contribution >= 4 is 5.91 Å². The van der Waals surface area contributed by atoms with Crippen molar-refractivity contribution in [3.8, 4) is 5.69 Å². The first-order valence-corrected chi connectivity index (χ1v) is 8.32. The minimum atomic E-state index is 0.0526. The second-order valence-corrected chi connectivity index (χ2v) is 5.96. The molecule has 1 atom stereocenters. The third-order valence-corrected chi connectivity index (χ3v) is 4.60. The lowest BCUT2D eigenvalue weighted by molar-refractivity contribution is 0.0472. The summed E-state index contributed by atoms with van der Waals surface area (Å²) in [7, 11) is 0. The van der Waals surface area contributed by atoms with Crippen molar-refractivity contribution < 1.29 is 9.90 Å². The lowest BCUT2D eigenvalue weighted by atomic mass is 10.1. The number of hydrogen-bond donors (Lipinski definition) is 1.